The lowest BCUT2D eigenvalue weighted by molar-refractivity contribution is 0.0853. The first kappa shape index (κ1) is 18.9. The highest BCUT2D eigenvalue weighted by atomic mass is 16.5. The van der Waals surface area contributed by atoms with E-state index >= 15 is 0 Å². The zero-order valence-electron chi connectivity index (χ0n) is 16.0. The number of carbonyl (C=O) groups is 1. The van der Waals surface area contributed by atoms with Crippen molar-refractivity contribution >= 4 is 16.8 Å². The molecule has 5 heteroatoms. The molecule has 3 aromatic rings. The number of pyridine rings is 1. The maximum Gasteiger partial charge on any atom is 0.252 e. The minimum Gasteiger partial charge on any atom is -0.497 e. The van der Waals surface area contributed by atoms with Crippen molar-refractivity contribution in [1.29, 1.82) is 0 Å². The Morgan fingerprint density at radius 3 is 2.48 bits per heavy atom. The van der Waals surface area contributed by atoms with Crippen LogP contribution in [-0.4, -0.2) is 29.1 Å². The van der Waals surface area contributed by atoms with Crippen molar-refractivity contribution < 1.29 is 14.6 Å². The van der Waals surface area contributed by atoms with Gasteiger partial charge < -0.3 is 15.2 Å². The monoisotopic (exact) mass is 364 g/mol. The van der Waals surface area contributed by atoms with Crippen molar-refractivity contribution in [2.75, 3.05) is 7.11 Å². The van der Waals surface area contributed by atoms with E-state index in [1.54, 1.807) is 44.4 Å². The van der Waals surface area contributed by atoms with E-state index < -0.39 is 12.1 Å². The highest BCUT2D eigenvalue weighted by molar-refractivity contribution is 6.06. The summed E-state index contributed by atoms with van der Waals surface area (Å²) < 4.78 is 5.14. The van der Waals surface area contributed by atoms with E-state index in [-0.39, 0.29) is 5.91 Å². The number of nitrogens with zero attached hydrogens (tertiary/aromatic N) is 1. The van der Waals surface area contributed by atoms with Gasteiger partial charge in [0.25, 0.3) is 5.91 Å². The van der Waals surface area contributed by atoms with Gasteiger partial charge in [-0.3, -0.25) is 9.78 Å². The van der Waals surface area contributed by atoms with Crippen LogP contribution < -0.4 is 10.1 Å². The molecule has 2 unspecified atom stereocenters. The summed E-state index contributed by atoms with van der Waals surface area (Å²) in [5.41, 5.74) is 3.91. The molecular weight excluding hydrogens is 340 g/mol. The number of aromatic nitrogens is 1. The Morgan fingerprint density at radius 2 is 1.81 bits per heavy atom. The number of methoxy groups -OCH3 is 1. The number of fused-ring (bicyclic) bond motifs is 1. The van der Waals surface area contributed by atoms with Crippen molar-refractivity contribution in [2.24, 2.45) is 0 Å². The molecular formula is C22H24N2O3. The standard InChI is InChI=1S/C22H24N2O3/c1-13-5-10-20-18(11-13)19(12-14(2)23-20)22(26)24-15(3)21(25)16-6-8-17(27-4)9-7-16/h5-12,15,21,25H,1-4H3,(H,24,26). The van der Waals surface area contributed by atoms with Gasteiger partial charge in [-0.15, -0.1) is 0 Å². The first-order valence-corrected chi connectivity index (χ1v) is 8.90. The van der Waals surface area contributed by atoms with Crippen LogP contribution >= 0.6 is 0 Å². The van der Waals surface area contributed by atoms with E-state index in [1.807, 2.05) is 32.0 Å². The predicted molar refractivity (Wildman–Crippen MR) is 106 cm³/mol. The third-order valence-corrected chi connectivity index (χ3v) is 4.63. The Hall–Kier alpha value is -2.92. The molecule has 27 heavy (non-hydrogen) atoms. The molecule has 3 rings (SSSR count). The maximum atomic E-state index is 12.9. The van der Waals surface area contributed by atoms with Crippen LogP contribution in [-0.2, 0) is 0 Å². The summed E-state index contributed by atoms with van der Waals surface area (Å²) >= 11 is 0. The number of aliphatic hydroxyl groups is 1. The Morgan fingerprint density at radius 1 is 1.11 bits per heavy atom. The molecule has 0 radical (unpaired) electrons. The molecule has 0 spiro atoms. The number of carbonyl (C=O) groups excluding carboxylic acids is 1. The van der Waals surface area contributed by atoms with Gasteiger partial charge in [0.1, 0.15) is 5.75 Å². The minimum absolute atomic E-state index is 0.226. The molecule has 1 amide bonds. The molecule has 0 saturated heterocycles. The fourth-order valence-electron chi connectivity index (χ4n) is 3.11. The Labute approximate surface area is 159 Å². The normalized spacial score (nSPS) is 13.2. The number of hydrogen-bond donors (Lipinski definition) is 2. The molecule has 0 aliphatic heterocycles. The molecule has 1 aromatic heterocycles. The molecule has 0 fully saturated rings. The lowest BCUT2D eigenvalue weighted by Gasteiger charge is -2.21. The van der Waals surface area contributed by atoms with Crippen LogP contribution in [0.2, 0.25) is 0 Å². The Balaban J connectivity index is 1.83. The van der Waals surface area contributed by atoms with E-state index in [2.05, 4.69) is 10.3 Å². The van der Waals surface area contributed by atoms with E-state index in [4.69, 9.17) is 4.74 Å². The quantitative estimate of drug-likeness (QED) is 0.724. The molecule has 0 saturated carbocycles. The summed E-state index contributed by atoms with van der Waals surface area (Å²) in [5.74, 6) is 0.493. The fourth-order valence-corrected chi connectivity index (χ4v) is 3.11. The van der Waals surface area contributed by atoms with Crippen molar-refractivity contribution in [3.05, 3.63) is 70.9 Å². The van der Waals surface area contributed by atoms with Crippen LogP contribution in [0.5, 0.6) is 5.75 Å². The number of aryl methyl sites for hydroxylation is 2. The van der Waals surface area contributed by atoms with Gasteiger partial charge in [-0.2, -0.15) is 0 Å². The van der Waals surface area contributed by atoms with Crippen LogP contribution in [0.4, 0.5) is 0 Å². The second kappa shape index (κ2) is 7.76. The molecule has 0 aliphatic carbocycles. The second-order valence-electron chi connectivity index (χ2n) is 6.81. The summed E-state index contributed by atoms with van der Waals surface area (Å²) in [7, 11) is 1.59. The second-order valence-corrected chi connectivity index (χ2v) is 6.81. The third kappa shape index (κ3) is 4.09. The summed E-state index contributed by atoms with van der Waals surface area (Å²) in [6, 6.07) is 14.3. The van der Waals surface area contributed by atoms with Crippen LogP contribution in [0.15, 0.2) is 48.5 Å². The molecule has 2 aromatic carbocycles. The van der Waals surface area contributed by atoms with Gasteiger partial charge in [-0.25, -0.2) is 0 Å². The van der Waals surface area contributed by atoms with Gasteiger partial charge in [0.15, 0.2) is 0 Å². The van der Waals surface area contributed by atoms with Crippen LogP contribution in [0.3, 0.4) is 0 Å². The van der Waals surface area contributed by atoms with Crippen LogP contribution in [0.1, 0.15) is 40.2 Å². The predicted octanol–water partition coefficient (Wildman–Crippen LogP) is 3.71. The topological polar surface area (TPSA) is 71.5 Å². The Bertz CT molecular complexity index is 967. The van der Waals surface area contributed by atoms with Crippen molar-refractivity contribution in [1.82, 2.24) is 10.3 Å². The fraction of sp³-hybridized carbons (Fsp3) is 0.273. The van der Waals surface area contributed by atoms with E-state index in [0.29, 0.717) is 5.56 Å². The number of aliphatic hydroxyl groups excluding tert-OH is 1. The van der Waals surface area contributed by atoms with E-state index in [1.165, 1.54) is 0 Å². The van der Waals surface area contributed by atoms with Gasteiger partial charge in [-0.1, -0.05) is 23.8 Å². The molecule has 2 N–H and O–H groups in total. The smallest absolute Gasteiger partial charge is 0.252 e. The summed E-state index contributed by atoms with van der Waals surface area (Å²) in [4.78, 5) is 17.4. The minimum atomic E-state index is -0.823. The average Bonchev–Trinajstić information content (AvgIpc) is 2.67. The van der Waals surface area contributed by atoms with Crippen molar-refractivity contribution in [2.45, 2.75) is 32.9 Å². The summed E-state index contributed by atoms with van der Waals surface area (Å²) in [6.45, 7) is 5.64. The molecule has 5 nitrogen and oxygen atoms in total. The highest BCUT2D eigenvalue weighted by Gasteiger charge is 2.21. The lowest BCUT2D eigenvalue weighted by atomic mass is 10.0. The Kier molecular flexibility index (Phi) is 5.42. The molecule has 140 valence electrons. The van der Waals surface area contributed by atoms with Gasteiger partial charge in [0.05, 0.1) is 30.3 Å². The molecule has 0 aliphatic rings. The maximum absolute atomic E-state index is 12.9. The van der Waals surface area contributed by atoms with Crippen LogP contribution in [0.25, 0.3) is 10.9 Å². The van der Waals surface area contributed by atoms with Crippen LogP contribution in [0, 0.1) is 13.8 Å². The number of benzene rings is 2. The SMILES string of the molecule is COc1ccc(C(O)C(C)NC(=O)c2cc(C)nc3ccc(C)cc23)cc1. The van der Waals surface area contributed by atoms with Gasteiger partial charge in [0.2, 0.25) is 0 Å². The summed E-state index contributed by atoms with van der Waals surface area (Å²) in [6.07, 6.45) is -0.823. The molecule has 1 heterocycles. The number of ether oxygens (including phenoxy) is 1. The zero-order chi connectivity index (χ0) is 19.6. The average molecular weight is 364 g/mol. The van der Waals surface area contributed by atoms with Gasteiger partial charge in [-0.05, 0) is 56.7 Å². The first-order valence-electron chi connectivity index (χ1n) is 8.90. The number of nitrogens with one attached hydrogen (secondary N) is 1. The first-order chi connectivity index (χ1) is 12.9. The third-order valence-electron chi connectivity index (χ3n) is 4.63. The molecule has 2 atom stereocenters. The van der Waals surface area contributed by atoms with E-state index in [9.17, 15) is 9.90 Å². The van der Waals surface area contributed by atoms with Crippen molar-refractivity contribution in [3.63, 3.8) is 0 Å². The van der Waals surface area contributed by atoms with Gasteiger partial charge in [0, 0.05) is 11.1 Å². The highest BCUT2D eigenvalue weighted by Crippen LogP contribution is 2.23. The number of hydrogen-bond acceptors (Lipinski definition) is 4. The van der Waals surface area contributed by atoms with Crippen molar-refractivity contribution in [3.8, 4) is 5.75 Å². The number of amides is 1. The van der Waals surface area contributed by atoms with Gasteiger partial charge >= 0.3 is 0 Å². The molecule has 0 bridgehead atoms. The number of rotatable bonds is 5. The van der Waals surface area contributed by atoms with E-state index in [0.717, 1.165) is 33.5 Å². The largest absolute Gasteiger partial charge is 0.497 e. The lowest BCUT2D eigenvalue weighted by Crippen LogP contribution is -2.37. The summed E-state index contributed by atoms with van der Waals surface area (Å²) in [5, 5.41) is 14.3. The zero-order valence-corrected chi connectivity index (χ0v) is 16.0.